The summed E-state index contributed by atoms with van der Waals surface area (Å²) in [6.07, 6.45) is 4.73. The van der Waals surface area contributed by atoms with E-state index in [0.717, 1.165) is 0 Å². The van der Waals surface area contributed by atoms with Gasteiger partial charge in [-0.3, -0.25) is 4.79 Å². The van der Waals surface area contributed by atoms with E-state index in [1.807, 2.05) is 0 Å². The van der Waals surface area contributed by atoms with Crippen LogP contribution in [0.4, 0.5) is 4.79 Å². The second-order valence-corrected chi connectivity index (χ2v) is 4.64. The fourth-order valence-electron chi connectivity index (χ4n) is 1.02. The van der Waals surface area contributed by atoms with Crippen molar-refractivity contribution < 1.29 is 19.8 Å². The topological polar surface area (TPSA) is 98.7 Å². The van der Waals surface area contributed by atoms with Crippen molar-refractivity contribution in [3.05, 3.63) is 0 Å². The number of urea groups is 1. The second-order valence-electron chi connectivity index (χ2n) is 4.64. The Kier molecular flexibility index (Phi) is 4.98. The maximum atomic E-state index is 11.4. The van der Waals surface area contributed by atoms with Crippen LogP contribution in [-0.2, 0) is 4.79 Å². The molecule has 0 bridgehead atoms. The number of carboxylic acid groups (broad SMARTS) is 1. The van der Waals surface area contributed by atoms with E-state index in [1.54, 1.807) is 13.8 Å². The minimum absolute atomic E-state index is 0.175. The number of carbonyl (C=O) groups excluding carboxylic acids is 1. The zero-order valence-electron chi connectivity index (χ0n) is 10.2. The summed E-state index contributed by atoms with van der Waals surface area (Å²) in [7, 11) is 0. The highest BCUT2D eigenvalue weighted by molar-refractivity contribution is 5.75. The van der Waals surface area contributed by atoms with E-state index in [4.69, 9.17) is 11.5 Å². The Morgan fingerprint density at radius 3 is 2.29 bits per heavy atom. The third kappa shape index (κ3) is 7.19. The third-order valence-electron chi connectivity index (χ3n) is 1.95. The van der Waals surface area contributed by atoms with Crippen LogP contribution in [0.2, 0.25) is 0 Å². The zero-order chi connectivity index (χ0) is 13.7. The highest BCUT2D eigenvalue weighted by atomic mass is 16.4. The fourth-order valence-corrected chi connectivity index (χ4v) is 1.02. The summed E-state index contributed by atoms with van der Waals surface area (Å²) >= 11 is 0. The number of carbonyl (C=O) groups is 2. The highest BCUT2D eigenvalue weighted by Crippen LogP contribution is 2.07. The van der Waals surface area contributed by atoms with E-state index in [0.29, 0.717) is 0 Å². The Labute approximate surface area is 100 Å². The Morgan fingerprint density at radius 2 is 1.88 bits per heavy atom. The first-order valence-electron chi connectivity index (χ1n) is 5.06. The quantitative estimate of drug-likeness (QED) is 0.507. The molecule has 0 radical (unpaired) electrons. The minimum atomic E-state index is -1.50. The SMILES string of the molecule is C#CC(C)(C)NC(=O)NCC(C)(O)CC(=O)O. The third-order valence-corrected chi connectivity index (χ3v) is 1.95. The molecule has 1 unspecified atom stereocenters. The second kappa shape index (κ2) is 5.55. The summed E-state index contributed by atoms with van der Waals surface area (Å²) in [6, 6.07) is -0.557. The van der Waals surface area contributed by atoms with Crippen LogP contribution < -0.4 is 10.6 Å². The number of carboxylic acids is 1. The Bertz CT molecular complexity index is 342. The monoisotopic (exact) mass is 242 g/mol. The molecule has 1 atom stereocenters. The van der Waals surface area contributed by atoms with E-state index in [1.165, 1.54) is 6.92 Å². The number of amides is 2. The zero-order valence-corrected chi connectivity index (χ0v) is 10.2. The molecule has 0 saturated carbocycles. The smallest absolute Gasteiger partial charge is 0.316 e. The summed E-state index contributed by atoms with van der Waals surface area (Å²) in [4.78, 5) is 21.8. The van der Waals surface area contributed by atoms with Gasteiger partial charge in [-0.25, -0.2) is 4.79 Å². The molecule has 0 aliphatic rings. The van der Waals surface area contributed by atoms with Crippen molar-refractivity contribution >= 4 is 12.0 Å². The lowest BCUT2D eigenvalue weighted by molar-refractivity contribution is -0.141. The van der Waals surface area contributed by atoms with Crippen LogP contribution in [0.3, 0.4) is 0 Å². The van der Waals surface area contributed by atoms with E-state index in [-0.39, 0.29) is 6.54 Å². The molecule has 0 aliphatic carbocycles. The van der Waals surface area contributed by atoms with Gasteiger partial charge in [0.1, 0.15) is 0 Å². The van der Waals surface area contributed by atoms with Crippen LogP contribution in [0, 0.1) is 12.3 Å². The van der Waals surface area contributed by atoms with Crippen LogP contribution in [0.5, 0.6) is 0 Å². The first kappa shape index (κ1) is 15.3. The van der Waals surface area contributed by atoms with Crippen molar-refractivity contribution in [3.8, 4) is 12.3 Å². The summed E-state index contributed by atoms with van der Waals surface area (Å²) in [5.41, 5.74) is -2.30. The van der Waals surface area contributed by atoms with E-state index < -0.39 is 29.6 Å². The Hall–Kier alpha value is -1.74. The molecule has 0 fully saturated rings. The number of nitrogens with one attached hydrogen (secondary N) is 2. The fraction of sp³-hybridized carbons (Fsp3) is 0.636. The number of terminal acetylenes is 1. The summed E-state index contributed by atoms with van der Waals surface area (Å²) in [5, 5.41) is 23.0. The molecule has 4 N–H and O–H groups in total. The maximum Gasteiger partial charge on any atom is 0.316 e. The van der Waals surface area contributed by atoms with E-state index >= 15 is 0 Å². The molecule has 0 saturated heterocycles. The van der Waals surface area contributed by atoms with Gasteiger partial charge in [-0.2, -0.15) is 0 Å². The molecule has 0 aliphatic heterocycles. The number of aliphatic hydroxyl groups is 1. The number of hydrogen-bond donors (Lipinski definition) is 4. The summed E-state index contributed by atoms with van der Waals surface area (Å²) in [5.74, 6) is 1.24. The predicted molar refractivity (Wildman–Crippen MR) is 62.3 cm³/mol. The summed E-state index contributed by atoms with van der Waals surface area (Å²) in [6.45, 7) is 4.43. The number of hydrogen-bond acceptors (Lipinski definition) is 3. The van der Waals surface area contributed by atoms with Crippen LogP contribution in [0.25, 0.3) is 0 Å². The first-order chi connectivity index (χ1) is 7.58. The molecule has 0 heterocycles. The molecule has 0 rings (SSSR count). The van der Waals surface area contributed by atoms with Crippen molar-refractivity contribution in [1.82, 2.24) is 10.6 Å². The minimum Gasteiger partial charge on any atom is -0.481 e. The first-order valence-corrected chi connectivity index (χ1v) is 5.06. The van der Waals surface area contributed by atoms with E-state index in [2.05, 4.69) is 16.6 Å². The molecule has 6 heteroatoms. The lowest BCUT2D eigenvalue weighted by atomic mass is 10.0. The van der Waals surface area contributed by atoms with Crippen LogP contribution >= 0.6 is 0 Å². The predicted octanol–water partition coefficient (Wildman–Crippen LogP) is -0.0769. The van der Waals surface area contributed by atoms with Gasteiger partial charge in [0.15, 0.2) is 0 Å². The normalized spacial score (nSPS) is 14.3. The molecule has 0 aromatic rings. The van der Waals surface area contributed by atoms with Gasteiger partial charge in [-0.05, 0) is 20.8 Å². The molecular formula is C11H18N2O4. The number of aliphatic carboxylic acids is 1. The van der Waals surface area contributed by atoms with Gasteiger partial charge in [0.05, 0.1) is 17.6 Å². The molecule has 17 heavy (non-hydrogen) atoms. The molecular weight excluding hydrogens is 224 g/mol. The average molecular weight is 242 g/mol. The molecule has 6 nitrogen and oxygen atoms in total. The van der Waals surface area contributed by atoms with Crippen molar-refractivity contribution in [2.75, 3.05) is 6.54 Å². The maximum absolute atomic E-state index is 11.4. The number of rotatable bonds is 5. The largest absolute Gasteiger partial charge is 0.481 e. The lowest BCUT2D eigenvalue weighted by Gasteiger charge is -2.24. The van der Waals surface area contributed by atoms with Crippen molar-refractivity contribution in [3.63, 3.8) is 0 Å². The molecule has 0 spiro atoms. The Morgan fingerprint density at radius 1 is 1.35 bits per heavy atom. The highest BCUT2D eigenvalue weighted by Gasteiger charge is 2.25. The Balaban J connectivity index is 4.17. The van der Waals surface area contributed by atoms with Gasteiger partial charge < -0.3 is 20.8 Å². The van der Waals surface area contributed by atoms with Gasteiger partial charge in [-0.15, -0.1) is 6.42 Å². The van der Waals surface area contributed by atoms with Crippen LogP contribution in [0.15, 0.2) is 0 Å². The van der Waals surface area contributed by atoms with Gasteiger partial charge in [0, 0.05) is 6.54 Å². The summed E-state index contributed by atoms with van der Waals surface area (Å²) < 4.78 is 0. The lowest BCUT2D eigenvalue weighted by Crippen LogP contribution is -2.51. The van der Waals surface area contributed by atoms with Crippen molar-refractivity contribution in [2.24, 2.45) is 0 Å². The van der Waals surface area contributed by atoms with Crippen molar-refractivity contribution in [1.29, 1.82) is 0 Å². The van der Waals surface area contributed by atoms with Gasteiger partial charge in [-0.1, -0.05) is 5.92 Å². The van der Waals surface area contributed by atoms with Gasteiger partial charge in [0.25, 0.3) is 0 Å². The van der Waals surface area contributed by atoms with Crippen LogP contribution in [-0.4, -0.2) is 39.9 Å². The van der Waals surface area contributed by atoms with Gasteiger partial charge >= 0.3 is 12.0 Å². The molecule has 96 valence electrons. The average Bonchev–Trinajstić information content (AvgIpc) is 2.12. The van der Waals surface area contributed by atoms with Gasteiger partial charge in [0.2, 0.25) is 0 Å². The standard InChI is InChI=1S/C11H18N2O4/c1-5-10(2,3)13-9(16)12-7-11(4,17)6-8(14)15/h1,17H,6-7H2,2-4H3,(H,14,15)(H2,12,13,16). The van der Waals surface area contributed by atoms with Crippen LogP contribution in [0.1, 0.15) is 27.2 Å². The molecule has 2 amide bonds. The molecule has 0 aromatic heterocycles. The van der Waals surface area contributed by atoms with Crippen molar-refractivity contribution in [2.45, 2.75) is 38.3 Å². The molecule has 0 aromatic carbocycles. The van der Waals surface area contributed by atoms with E-state index in [9.17, 15) is 14.7 Å².